The van der Waals surface area contributed by atoms with Gasteiger partial charge in [-0.15, -0.1) is 0 Å². The fourth-order valence-corrected chi connectivity index (χ4v) is 4.00. The molecule has 0 spiro atoms. The van der Waals surface area contributed by atoms with Gasteiger partial charge in [-0.25, -0.2) is 0 Å². The molecule has 0 saturated carbocycles. The Morgan fingerprint density at radius 1 is 1.10 bits per heavy atom. The van der Waals surface area contributed by atoms with E-state index in [2.05, 4.69) is 0 Å². The van der Waals surface area contributed by atoms with E-state index in [0.29, 0.717) is 60.6 Å². The Kier molecular flexibility index (Phi) is 5.95. The predicted octanol–water partition coefficient (Wildman–Crippen LogP) is 3.87. The largest absolute Gasteiger partial charge is 0.504 e. The molecule has 162 valence electrons. The zero-order chi connectivity index (χ0) is 22.0. The van der Waals surface area contributed by atoms with Gasteiger partial charge >= 0.3 is 0 Å². The molecule has 1 atom stereocenters. The number of para-hydroxylation sites is 1. The molecule has 0 bridgehead atoms. The Morgan fingerprint density at radius 3 is 2.68 bits per heavy atom. The lowest BCUT2D eigenvalue weighted by Crippen LogP contribution is -2.31. The molecule has 3 aromatic rings. The van der Waals surface area contributed by atoms with Crippen LogP contribution >= 0.6 is 0 Å². The minimum Gasteiger partial charge on any atom is -0.504 e. The van der Waals surface area contributed by atoms with Crippen LogP contribution < -0.4 is 10.2 Å². The van der Waals surface area contributed by atoms with Gasteiger partial charge in [-0.05, 0) is 50.1 Å². The molecule has 1 aromatic heterocycles. The number of phenolic OH excluding ortho intramolecular Hbond substituents is 1. The van der Waals surface area contributed by atoms with Crippen LogP contribution in [0.1, 0.15) is 48.0 Å². The number of hydrogen-bond acceptors (Lipinski definition) is 6. The molecule has 0 aliphatic carbocycles. The molecule has 31 heavy (non-hydrogen) atoms. The third kappa shape index (κ3) is 3.77. The molecule has 0 saturated heterocycles. The van der Waals surface area contributed by atoms with Crippen molar-refractivity contribution in [2.75, 3.05) is 26.4 Å². The molecule has 4 rings (SSSR count). The number of phenols is 1. The lowest BCUT2D eigenvalue weighted by Gasteiger charge is -2.25. The number of carbonyl (C=O) groups is 1. The lowest BCUT2D eigenvalue weighted by atomic mass is 9.98. The van der Waals surface area contributed by atoms with E-state index in [9.17, 15) is 14.7 Å². The Bertz CT molecular complexity index is 1170. The highest BCUT2D eigenvalue weighted by atomic mass is 16.5. The van der Waals surface area contributed by atoms with Gasteiger partial charge in [-0.1, -0.05) is 18.2 Å². The standard InChI is InChI=1S/C24H25NO6/c1-3-29-13-7-12-25-21(15-10-11-17(26)19(14-15)30-4-2)20-22(27)16-8-5-6-9-18(16)31-23(20)24(25)28/h5-6,8-11,14,21,26H,3-4,7,12-13H2,1-2H3. The van der Waals surface area contributed by atoms with Gasteiger partial charge in [-0.2, -0.15) is 0 Å². The predicted molar refractivity (Wildman–Crippen MR) is 116 cm³/mol. The fraction of sp³-hybridized carbons (Fsp3) is 0.333. The third-order valence-electron chi connectivity index (χ3n) is 5.36. The average molecular weight is 423 g/mol. The summed E-state index contributed by atoms with van der Waals surface area (Å²) >= 11 is 0. The summed E-state index contributed by atoms with van der Waals surface area (Å²) < 4.78 is 16.9. The van der Waals surface area contributed by atoms with Crippen molar-refractivity contribution in [2.24, 2.45) is 0 Å². The summed E-state index contributed by atoms with van der Waals surface area (Å²) in [5, 5.41) is 10.5. The topological polar surface area (TPSA) is 89.2 Å². The second-order valence-corrected chi connectivity index (χ2v) is 7.28. The first-order chi connectivity index (χ1) is 15.1. The summed E-state index contributed by atoms with van der Waals surface area (Å²) in [5.74, 6) is 0.0467. The minimum atomic E-state index is -0.634. The van der Waals surface area contributed by atoms with Crippen molar-refractivity contribution >= 4 is 16.9 Å². The number of rotatable bonds is 8. The van der Waals surface area contributed by atoms with E-state index in [1.165, 1.54) is 6.07 Å². The highest BCUT2D eigenvalue weighted by Crippen LogP contribution is 2.40. The van der Waals surface area contributed by atoms with Gasteiger partial charge in [0, 0.05) is 19.8 Å². The van der Waals surface area contributed by atoms with Crippen LogP contribution in [0.25, 0.3) is 11.0 Å². The first-order valence-electron chi connectivity index (χ1n) is 10.5. The van der Waals surface area contributed by atoms with E-state index >= 15 is 0 Å². The molecule has 2 heterocycles. The molecule has 1 unspecified atom stereocenters. The van der Waals surface area contributed by atoms with Gasteiger partial charge in [0.15, 0.2) is 16.9 Å². The number of ether oxygens (including phenoxy) is 2. The van der Waals surface area contributed by atoms with Gasteiger partial charge in [0.25, 0.3) is 5.91 Å². The summed E-state index contributed by atoms with van der Waals surface area (Å²) in [7, 11) is 0. The third-order valence-corrected chi connectivity index (χ3v) is 5.36. The molecule has 1 amide bonds. The number of fused-ring (bicyclic) bond motifs is 2. The van der Waals surface area contributed by atoms with Gasteiger partial charge in [-0.3, -0.25) is 9.59 Å². The maximum Gasteiger partial charge on any atom is 0.290 e. The zero-order valence-corrected chi connectivity index (χ0v) is 17.6. The monoisotopic (exact) mass is 423 g/mol. The quantitative estimate of drug-likeness (QED) is 0.553. The highest BCUT2D eigenvalue weighted by molar-refractivity contribution is 5.99. The fourth-order valence-electron chi connectivity index (χ4n) is 4.00. The highest BCUT2D eigenvalue weighted by Gasteiger charge is 2.42. The lowest BCUT2D eigenvalue weighted by molar-refractivity contribution is 0.0695. The first kappa shape index (κ1) is 20.9. The normalized spacial score (nSPS) is 15.5. The van der Waals surface area contributed by atoms with E-state index in [0.717, 1.165) is 0 Å². The summed E-state index contributed by atoms with van der Waals surface area (Å²) in [4.78, 5) is 28.3. The average Bonchev–Trinajstić information content (AvgIpc) is 3.05. The van der Waals surface area contributed by atoms with E-state index < -0.39 is 6.04 Å². The summed E-state index contributed by atoms with van der Waals surface area (Å²) in [6.45, 7) is 5.61. The number of aromatic hydroxyl groups is 1. The number of nitrogens with zero attached hydrogens (tertiary/aromatic N) is 1. The molecule has 0 fully saturated rings. The van der Waals surface area contributed by atoms with E-state index in [1.807, 2.05) is 13.8 Å². The second kappa shape index (κ2) is 8.81. The van der Waals surface area contributed by atoms with Crippen molar-refractivity contribution in [3.63, 3.8) is 0 Å². The van der Waals surface area contributed by atoms with Crippen molar-refractivity contribution in [3.8, 4) is 11.5 Å². The van der Waals surface area contributed by atoms with Crippen LogP contribution in [0, 0.1) is 0 Å². The molecule has 1 aliphatic rings. The minimum absolute atomic E-state index is 0.00332. The van der Waals surface area contributed by atoms with Crippen LogP contribution in [0.4, 0.5) is 0 Å². The van der Waals surface area contributed by atoms with Gasteiger partial charge in [0.2, 0.25) is 5.76 Å². The Morgan fingerprint density at radius 2 is 1.90 bits per heavy atom. The van der Waals surface area contributed by atoms with E-state index in [1.54, 1.807) is 41.3 Å². The van der Waals surface area contributed by atoms with Crippen LogP contribution in [0.2, 0.25) is 0 Å². The van der Waals surface area contributed by atoms with Crippen LogP contribution in [0.3, 0.4) is 0 Å². The van der Waals surface area contributed by atoms with E-state index in [4.69, 9.17) is 13.9 Å². The van der Waals surface area contributed by atoms with Crippen LogP contribution in [0.15, 0.2) is 51.7 Å². The Hall–Kier alpha value is -3.32. The van der Waals surface area contributed by atoms with Gasteiger partial charge < -0.3 is 23.9 Å². The van der Waals surface area contributed by atoms with Crippen molar-refractivity contribution in [2.45, 2.75) is 26.3 Å². The second-order valence-electron chi connectivity index (χ2n) is 7.28. The maximum atomic E-state index is 13.4. The Labute approximate surface area is 179 Å². The molecule has 7 nitrogen and oxygen atoms in total. The number of benzene rings is 2. The summed E-state index contributed by atoms with van der Waals surface area (Å²) in [6, 6.07) is 11.2. The molecular formula is C24H25NO6. The molecule has 7 heteroatoms. The van der Waals surface area contributed by atoms with Crippen LogP contribution in [-0.2, 0) is 4.74 Å². The van der Waals surface area contributed by atoms with E-state index in [-0.39, 0.29) is 22.8 Å². The Balaban J connectivity index is 1.85. The smallest absolute Gasteiger partial charge is 0.290 e. The SMILES string of the molecule is CCOCCCN1C(=O)c2oc3ccccc3c(=O)c2C1c1ccc(O)c(OCC)c1. The summed E-state index contributed by atoms with van der Waals surface area (Å²) in [5.41, 5.74) is 1.14. The number of hydrogen-bond donors (Lipinski definition) is 1. The van der Waals surface area contributed by atoms with Crippen LogP contribution in [0.5, 0.6) is 11.5 Å². The molecule has 0 radical (unpaired) electrons. The number of amides is 1. The van der Waals surface area contributed by atoms with Crippen molar-refractivity contribution in [1.82, 2.24) is 4.90 Å². The number of carbonyl (C=O) groups excluding carboxylic acids is 1. The molecule has 1 N–H and O–H groups in total. The van der Waals surface area contributed by atoms with Gasteiger partial charge in [0.05, 0.1) is 23.6 Å². The first-order valence-corrected chi connectivity index (χ1v) is 10.5. The molecule has 2 aromatic carbocycles. The summed E-state index contributed by atoms with van der Waals surface area (Å²) in [6.07, 6.45) is 0.619. The van der Waals surface area contributed by atoms with Crippen molar-refractivity contribution < 1.29 is 23.8 Å². The molecular weight excluding hydrogens is 398 g/mol. The maximum absolute atomic E-state index is 13.4. The van der Waals surface area contributed by atoms with Crippen LogP contribution in [-0.4, -0.2) is 42.3 Å². The van der Waals surface area contributed by atoms with Gasteiger partial charge in [0.1, 0.15) is 5.58 Å². The van der Waals surface area contributed by atoms with Crippen molar-refractivity contribution in [1.29, 1.82) is 0 Å². The van der Waals surface area contributed by atoms with Crippen molar-refractivity contribution in [3.05, 3.63) is 69.6 Å². The molecule has 1 aliphatic heterocycles. The zero-order valence-electron chi connectivity index (χ0n) is 17.6.